The van der Waals surface area contributed by atoms with Crippen LogP contribution in [0.15, 0.2) is 24.3 Å². The molecule has 0 aromatic heterocycles. The number of alkyl halides is 2. The zero-order chi connectivity index (χ0) is 21.4. The molecule has 0 aliphatic heterocycles. The first-order chi connectivity index (χ1) is 14.4. The minimum Gasteiger partial charge on any atom is -0.206 e. The van der Waals surface area contributed by atoms with Gasteiger partial charge in [0.15, 0.2) is 0 Å². The first-order valence-electron chi connectivity index (χ1n) is 10.7. The van der Waals surface area contributed by atoms with Crippen LogP contribution < -0.4 is 0 Å². The standard InChI is InChI=1S/C25H25ClF4/c1-2-3-14-4-6-15(7-5-14)18-12-22(27)24(23(28)13-18)19-8-16-10-20(25(29)30)21(26)11-17(16)9-19/h9-15,25H,2-8H2,1H3. The van der Waals surface area contributed by atoms with Gasteiger partial charge >= 0.3 is 0 Å². The molecule has 0 amide bonds. The van der Waals surface area contributed by atoms with Crippen LogP contribution in [0.4, 0.5) is 17.6 Å². The molecule has 0 atom stereocenters. The molecule has 1 fully saturated rings. The smallest absolute Gasteiger partial charge is 0.206 e. The summed E-state index contributed by atoms with van der Waals surface area (Å²) < 4.78 is 56.2. The fraction of sp³-hybridized carbons (Fsp3) is 0.440. The zero-order valence-electron chi connectivity index (χ0n) is 17.0. The van der Waals surface area contributed by atoms with Crippen LogP contribution >= 0.6 is 11.6 Å². The predicted octanol–water partition coefficient (Wildman–Crippen LogP) is 8.73. The molecule has 0 spiro atoms. The lowest BCUT2D eigenvalue weighted by Gasteiger charge is -2.29. The Labute approximate surface area is 179 Å². The molecule has 0 unspecified atom stereocenters. The van der Waals surface area contributed by atoms with E-state index in [4.69, 9.17) is 11.6 Å². The van der Waals surface area contributed by atoms with E-state index in [1.165, 1.54) is 37.1 Å². The van der Waals surface area contributed by atoms with Crippen molar-refractivity contribution >= 4 is 23.3 Å². The number of benzene rings is 2. The topological polar surface area (TPSA) is 0 Å². The van der Waals surface area contributed by atoms with Crippen molar-refractivity contribution in [1.82, 2.24) is 0 Å². The molecule has 2 aromatic rings. The number of fused-ring (bicyclic) bond motifs is 1. The van der Waals surface area contributed by atoms with Crippen LogP contribution in [0.25, 0.3) is 11.6 Å². The summed E-state index contributed by atoms with van der Waals surface area (Å²) in [6.45, 7) is 2.19. The van der Waals surface area contributed by atoms with Gasteiger partial charge in [-0.15, -0.1) is 0 Å². The minimum atomic E-state index is -2.69. The molecule has 0 bridgehead atoms. The Bertz CT molecular complexity index is 948. The molecule has 4 rings (SSSR count). The van der Waals surface area contributed by atoms with Gasteiger partial charge in [-0.1, -0.05) is 37.4 Å². The van der Waals surface area contributed by atoms with Crippen molar-refractivity contribution in [3.05, 3.63) is 68.7 Å². The summed E-state index contributed by atoms with van der Waals surface area (Å²) in [5.41, 5.74) is 2.12. The van der Waals surface area contributed by atoms with Gasteiger partial charge in [0.1, 0.15) is 11.6 Å². The summed E-state index contributed by atoms with van der Waals surface area (Å²) in [6.07, 6.45) is 5.71. The van der Waals surface area contributed by atoms with E-state index in [2.05, 4.69) is 6.92 Å². The summed E-state index contributed by atoms with van der Waals surface area (Å²) >= 11 is 5.94. The Balaban J connectivity index is 1.57. The van der Waals surface area contributed by atoms with E-state index in [9.17, 15) is 17.6 Å². The number of rotatable bonds is 5. The molecule has 0 nitrogen and oxygen atoms in total. The molecule has 2 aromatic carbocycles. The lowest BCUT2D eigenvalue weighted by Crippen LogP contribution is -2.14. The summed E-state index contributed by atoms with van der Waals surface area (Å²) in [6, 6.07) is 5.71. The normalized spacial score (nSPS) is 21.1. The quantitative estimate of drug-likeness (QED) is 0.411. The van der Waals surface area contributed by atoms with E-state index < -0.39 is 18.1 Å². The van der Waals surface area contributed by atoms with Crippen molar-refractivity contribution in [3.8, 4) is 0 Å². The molecule has 0 heterocycles. The number of hydrogen-bond donors (Lipinski definition) is 0. The van der Waals surface area contributed by atoms with Crippen LogP contribution in [0.3, 0.4) is 0 Å². The second-order valence-electron chi connectivity index (χ2n) is 8.59. The monoisotopic (exact) mass is 436 g/mol. The summed E-state index contributed by atoms with van der Waals surface area (Å²) in [7, 11) is 0. The lowest BCUT2D eigenvalue weighted by atomic mass is 9.77. The van der Waals surface area contributed by atoms with E-state index >= 15 is 0 Å². The molecular formula is C25H25ClF4. The SMILES string of the molecule is CCCC1CCC(c2cc(F)c(C3=Cc4cc(Cl)c(C(F)F)cc4C3)c(F)c2)CC1. The maximum atomic E-state index is 15.0. The number of halogens is 5. The molecular weight excluding hydrogens is 412 g/mol. The van der Waals surface area contributed by atoms with E-state index in [1.54, 1.807) is 6.08 Å². The Morgan fingerprint density at radius 3 is 2.27 bits per heavy atom. The highest BCUT2D eigenvalue weighted by Gasteiger charge is 2.27. The van der Waals surface area contributed by atoms with Crippen LogP contribution in [0.2, 0.25) is 5.02 Å². The highest BCUT2D eigenvalue weighted by molar-refractivity contribution is 6.31. The van der Waals surface area contributed by atoms with Gasteiger partial charge in [0, 0.05) is 11.1 Å². The molecule has 0 saturated heterocycles. The number of allylic oxidation sites excluding steroid dienone is 1. The Morgan fingerprint density at radius 2 is 1.67 bits per heavy atom. The second kappa shape index (κ2) is 8.74. The van der Waals surface area contributed by atoms with E-state index in [0.29, 0.717) is 16.7 Å². The molecule has 160 valence electrons. The maximum absolute atomic E-state index is 15.0. The van der Waals surface area contributed by atoms with Gasteiger partial charge in [-0.2, -0.15) is 0 Å². The predicted molar refractivity (Wildman–Crippen MR) is 114 cm³/mol. The van der Waals surface area contributed by atoms with Crippen LogP contribution in [-0.4, -0.2) is 0 Å². The molecule has 30 heavy (non-hydrogen) atoms. The van der Waals surface area contributed by atoms with E-state index in [1.807, 2.05) is 0 Å². The Hall–Kier alpha value is -1.81. The average molecular weight is 437 g/mol. The summed E-state index contributed by atoms with van der Waals surface area (Å²) in [5, 5.41) is -0.0313. The summed E-state index contributed by atoms with van der Waals surface area (Å²) in [5.74, 6) is -0.245. The van der Waals surface area contributed by atoms with Crippen molar-refractivity contribution in [1.29, 1.82) is 0 Å². The molecule has 0 N–H and O–H groups in total. The van der Waals surface area contributed by atoms with Crippen molar-refractivity contribution in [2.24, 2.45) is 5.92 Å². The second-order valence-corrected chi connectivity index (χ2v) is 8.99. The molecule has 5 heteroatoms. The maximum Gasteiger partial charge on any atom is 0.265 e. The minimum absolute atomic E-state index is 0.0313. The van der Waals surface area contributed by atoms with Crippen molar-refractivity contribution in [2.45, 2.75) is 64.2 Å². The molecule has 2 aliphatic rings. The van der Waals surface area contributed by atoms with Crippen molar-refractivity contribution < 1.29 is 17.6 Å². The third-order valence-electron chi connectivity index (χ3n) is 6.60. The highest BCUT2D eigenvalue weighted by Crippen LogP contribution is 2.41. The van der Waals surface area contributed by atoms with Gasteiger partial charge < -0.3 is 0 Å². The average Bonchev–Trinajstić information content (AvgIpc) is 3.09. The fourth-order valence-electron chi connectivity index (χ4n) is 5.04. The Kier molecular flexibility index (Phi) is 6.24. The first-order valence-corrected chi connectivity index (χ1v) is 11.1. The van der Waals surface area contributed by atoms with Gasteiger partial charge in [0.05, 0.1) is 5.02 Å². The van der Waals surface area contributed by atoms with Crippen molar-refractivity contribution in [2.75, 3.05) is 0 Å². The van der Waals surface area contributed by atoms with Crippen LogP contribution in [0.5, 0.6) is 0 Å². The third kappa shape index (κ3) is 4.16. The van der Waals surface area contributed by atoms with Crippen LogP contribution in [0, 0.1) is 17.6 Å². The van der Waals surface area contributed by atoms with Crippen LogP contribution in [0.1, 0.15) is 85.6 Å². The fourth-order valence-corrected chi connectivity index (χ4v) is 5.29. The highest BCUT2D eigenvalue weighted by atomic mass is 35.5. The van der Waals surface area contributed by atoms with Gasteiger partial charge in [0.2, 0.25) is 0 Å². The van der Waals surface area contributed by atoms with Gasteiger partial charge in [0.25, 0.3) is 6.43 Å². The van der Waals surface area contributed by atoms with Crippen molar-refractivity contribution in [3.63, 3.8) is 0 Å². The molecule has 2 aliphatic carbocycles. The number of hydrogen-bond acceptors (Lipinski definition) is 0. The largest absolute Gasteiger partial charge is 0.265 e. The van der Waals surface area contributed by atoms with E-state index in [0.717, 1.165) is 37.2 Å². The van der Waals surface area contributed by atoms with Crippen LogP contribution in [-0.2, 0) is 6.42 Å². The van der Waals surface area contributed by atoms with Gasteiger partial charge in [-0.25, -0.2) is 17.6 Å². The van der Waals surface area contributed by atoms with Gasteiger partial charge in [-0.3, -0.25) is 0 Å². The third-order valence-corrected chi connectivity index (χ3v) is 6.93. The van der Waals surface area contributed by atoms with E-state index in [-0.39, 0.29) is 28.5 Å². The summed E-state index contributed by atoms with van der Waals surface area (Å²) in [4.78, 5) is 0. The first kappa shape index (κ1) is 21.4. The molecule has 1 saturated carbocycles. The van der Waals surface area contributed by atoms with Gasteiger partial charge in [-0.05, 0) is 90.5 Å². The molecule has 0 radical (unpaired) electrons. The zero-order valence-corrected chi connectivity index (χ0v) is 17.7. The lowest BCUT2D eigenvalue weighted by molar-refractivity contribution is 0.151. The Morgan fingerprint density at radius 1 is 1.00 bits per heavy atom.